The summed E-state index contributed by atoms with van der Waals surface area (Å²) >= 11 is 0. The van der Waals surface area contributed by atoms with Crippen LogP contribution in [0.1, 0.15) is 41.4 Å². The van der Waals surface area contributed by atoms with Crippen LogP contribution < -0.4 is 5.32 Å². The van der Waals surface area contributed by atoms with Gasteiger partial charge < -0.3 is 15.5 Å². The number of carbonyl (C=O) groups excluding carboxylic acids is 2. The van der Waals surface area contributed by atoms with E-state index >= 15 is 0 Å². The van der Waals surface area contributed by atoms with Gasteiger partial charge in [-0.05, 0) is 43.7 Å². The average Bonchev–Trinajstić information content (AvgIpc) is 3.03. The minimum Gasteiger partial charge on any atom is -0.505 e. The van der Waals surface area contributed by atoms with E-state index in [9.17, 15) is 32.7 Å². The number of carbonyl (C=O) groups is 3. The molecule has 2 unspecified atom stereocenters. The summed E-state index contributed by atoms with van der Waals surface area (Å²) in [6.45, 7) is 4.29. The Kier molecular flexibility index (Phi) is 6.48. The monoisotopic (exact) mass is 462 g/mol. The van der Waals surface area contributed by atoms with Crippen LogP contribution in [0.3, 0.4) is 0 Å². The fraction of sp³-hybridized carbons (Fsp3) is 0.261. The van der Waals surface area contributed by atoms with Gasteiger partial charge in [0.2, 0.25) is 5.91 Å². The molecule has 3 N–H and O–H groups in total. The first kappa shape index (κ1) is 23.8. The van der Waals surface area contributed by atoms with Crippen molar-refractivity contribution in [1.29, 1.82) is 0 Å². The van der Waals surface area contributed by atoms with E-state index in [0.29, 0.717) is 6.07 Å². The first-order valence-corrected chi connectivity index (χ1v) is 9.97. The molecule has 0 saturated heterocycles. The summed E-state index contributed by atoms with van der Waals surface area (Å²) in [6.07, 6.45) is 0. The van der Waals surface area contributed by atoms with Crippen molar-refractivity contribution in [3.8, 4) is 5.75 Å². The van der Waals surface area contributed by atoms with E-state index in [-0.39, 0.29) is 34.3 Å². The van der Waals surface area contributed by atoms with E-state index in [1.165, 1.54) is 20.8 Å². The number of benzene rings is 2. The van der Waals surface area contributed by atoms with Crippen molar-refractivity contribution in [3.05, 3.63) is 64.6 Å². The van der Waals surface area contributed by atoms with Gasteiger partial charge in [0.05, 0.1) is 17.4 Å². The number of amides is 1. The number of aliphatic carboxylic acids is 1. The minimum atomic E-state index is -1.24. The number of nitrogens with zero attached hydrogens (tertiary/aromatic N) is 1. The molecule has 3 aromatic rings. The van der Waals surface area contributed by atoms with E-state index in [4.69, 9.17) is 5.11 Å². The molecule has 1 aromatic heterocycles. The largest absolute Gasteiger partial charge is 0.505 e. The van der Waals surface area contributed by atoms with Crippen molar-refractivity contribution in [3.63, 3.8) is 0 Å². The molecular weight excluding hydrogens is 441 g/mol. The van der Waals surface area contributed by atoms with Gasteiger partial charge in [0.15, 0.2) is 23.2 Å². The van der Waals surface area contributed by atoms with E-state index in [0.717, 1.165) is 28.8 Å². The highest BCUT2D eigenvalue weighted by Crippen LogP contribution is 2.36. The molecule has 2 atom stereocenters. The van der Waals surface area contributed by atoms with Crippen molar-refractivity contribution >= 4 is 28.7 Å². The molecule has 0 aliphatic carbocycles. The lowest BCUT2D eigenvalue weighted by Crippen LogP contribution is -2.34. The summed E-state index contributed by atoms with van der Waals surface area (Å²) in [4.78, 5) is 36.9. The lowest BCUT2D eigenvalue weighted by atomic mass is 9.96. The fourth-order valence-electron chi connectivity index (χ4n) is 3.64. The van der Waals surface area contributed by atoms with Crippen molar-refractivity contribution in [2.24, 2.45) is 5.92 Å². The number of aromatic hydroxyl groups is 1. The lowest BCUT2D eigenvalue weighted by Gasteiger charge is -2.15. The van der Waals surface area contributed by atoms with Crippen LogP contribution >= 0.6 is 0 Å². The smallest absolute Gasteiger partial charge is 0.308 e. The van der Waals surface area contributed by atoms with Gasteiger partial charge in [-0.3, -0.25) is 19.0 Å². The van der Waals surface area contributed by atoms with Crippen LogP contribution in [0.15, 0.2) is 30.3 Å². The first-order chi connectivity index (χ1) is 15.4. The van der Waals surface area contributed by atoms with Gasteiger partial charge >= 0.3 is 5.97 Å². The summed E-state index contributed by atoms with van der Waals surface area (Å²) < 4.78 is 42.3. The summed E-state index contributed by atoms with van der Waals surface area (Å²) in [5.74, 6) is -8.28. The number of carboxylic acids is 1. The number of carboxylic acid groups (broad SMARTS) is 1. The molecule has 1 heterocycles. The highest BCUT2D eigenvalue weighted by molar-refractivity contribution is 6.05. The van der Waals surface area contributed by atoms with Gasteiger partial charge in [0.1, 0.15) is 0 Å². The highest BCUT2D eigenvalue weighted by atomic mass is 19.2. The van der Waals surface area contributed by atoms with Crippen LogP contribution in [-0.2, 0) is 9.59 Å². The second-order valence-corrected chi connectivity index (χ2v) is 7.80. The quantitative estimate of drug-likeness (QED) is 0.518. The zero-order chi connectivity index (χ0) is 24.6. The van der Waals surface area contributed by atoms with Gasteiger partial charge in [-0.1, -0.05) is 6.92 Å². The number of rotatable bonds is 6. The molecule has 0 saturated carbocycles. The number of aromatic nitrogens is 1. The predicted molar refractivity (Wildman–Crippen MR) is 113 cm³/mol. The third-order valence-electron chi connectivity index (χ3n) is 5.52. The average molecular weight is 462 g/mol. The summed E-state index contributed by atoms with van der Waals surface area (Å²) in [5, 5.41) is 21.6. The molecule has 0 fully saturated rings. The Morgan fingerprint density at radius 1 is 1.03 bits per heavy atom. The molecule has 0 aliphatic rings. The third-order valence-corrected chi connectivity index (χ3v) is 5.52. The lowest BCUT2D eigenvalue weighted by molar-refractivity contribution is -0.141. The zero-order valence-corrected chi connectivity index (χ0v) is 17.9. The van der Waals surface area contributed by atoms with Crippen LogP contribution in [0.5, 0.6) is 5.75 Å². The normalized spacial score (nSPS) is 13.0. The Labute approximate surface area is 186 Å². The van der Waals surface area contributed by atoms with Crippen molar-refractivity contribution in [2.45, 2.75) is 26.7 Å². The van der Waals surface area contributed by atoms with Gasteiger partial charge in [0.25, 0.3) is 5.91 Å². The van der Waals surface area contributed by atoms with Crippen LogP contribution in [0.2, 0.25) is 0 Å². The van der Waals surface area contributed by atoms with Gasteiger partial charge in [-0.25, -0.2) is 13.2 Å². The Morgan fingerprint density at radius 2 is 1.70 bits per heavy atom. The van der Waals surface area contributed by atoms with Crippen molar-refractivity contribution < 1.29 is 37.8 Å². The number of halogens is 3. The maximum absolute atomic E-state index is 14.2. The highest BCUT2D eigenvalue weighted by Gasteiger charge is 2.28. The van der Waals surface area contributed by atoms with Crippen LogP contribution in [0, 0.1) is 30.3 Å². The van der Waals surface area contributed by atoms with Crippen LogP contribution in [-0.4, -0.2) is 39.1 Å². The van der Waals surface area contributed by atoms with E-state index in [2.05, 4.69) is 5.32 Å². The van der Waals surface area contributed by atoms with Crippen LogP contribution in [0.25, 0.3) is 10.9 Å². The summed E-state index contributed by atoms with van der Waals surface area (Å²) in [6, 6.07) is 4.56. The number of hydrogen-bond acceptors (Lipinski definition) is 4. The molecule has 0 radical (unpaired) electrons. The molecule has 3 rings (SSSR count). The van der Waals surface area contributed by atoms with Crippen molar-refractivity contribution in [1.82, 2.24) is 9.88 Å². The first-order valence-electron chi connectivity index (χ1n) is 9.97. The maximum atomic E-state index is 14.2. The Balaban J connectivity index is 2.13. The van der Waals surface area contributed by atoms with E-state index in [1.54, 1.807) is 0 Å². The standard InChI is InChI=1S/C23H21F3N2O5/c1-10(23(32)33)9-27-21(30)11(2)20-12(3)28(18-8-17(26)19(29)7-14(18)20)22(31)13-4-5-15(24)16(25)6-13/h4-8,10-11,29H,9H2,1-3H3,(H,27,30)(H,32,33). The maximum Gasteiger partial charge on any atom is 0.308 e. The second kappa shape index (κ2) is 8.97. The topological polar surface area (TPSA) is 109 Å². The number of nitrogens with one attached hydrogen (secondary N) is 1. The van der Waals surface area contributed by atoms with Crippen LogP contribution in [0.4, 0.5) is 13.2 Å². The molecule has 1 amide bonds. The number of phenols is 1. The molecule has 0 aliphatic heterocycles. The van der Waals surface area contributed by atoms with Crippen molar-refractivity contribution in [2.75, 3.05) is 6.54 Å². The van der Waals surface area contributed by atoms with Gasteiger partial charge in [0, 0.05) is 29.3 Å². The van der Waals surface area contributed by atoms with E-state index < -0.39 is 52.8 Å². The van der Waals surface area contributed by atoms with Gasteiger partial charge in [-0.15, -0.1) is 0 Å². The molecule has 10 heteroatoms. The number of phenolic OH excluding ortho intramolecular Hbond substituents is 1. The fourth-order valence-corrected chi connectivity index (χ4v) is 3.64. The second-order valence-electron chi connectivity index (χ2n) is 7.80. The molecule has 7 nitrogen and oxygen atoms in total. The number of fused-ring (bicyclic) bond motifs is 1. The molecule has 0 spiro atoms. The predicted octanol–water partition coefficient (Wildman–Crippen LogP) is 3.70. The molecular formula is C23H21F3N2O5. The number of hydrogen-bond donors (Lipinski definition) is 3. The van der Waals surface area contributed by atoms with E-state index in [1.807, 2.05) is 0 Å². The van der Waals surface area contributed by atoms with Gasteiger partial charge in [-0.2, -0.15) is 0 Å². The SMILES string of the molecule is Cc1c(C(C)C(=O)NCC(C)C(=O)O)c2cc(O)c(F)cc2n1C(=O)c1ccc(F)c(F)c1. The third kappa shape index (κ3) is 4.41. The molecule has 0 bridgehead atoms. The zero-order valence-electron chi connectivity index (χ0n) is 17.9. The Hall–Kier alpha value is -3.82. The summed E-state index contributed by atoms with van der Waals surface area (Å²) in [7, 11) is 0. The molecule has 2 aromatic carbocycles. The summed E-state index contributed by atoms with van der Waals surface area (Å²) in [5.41, 5.74) is 0.322. The molecule has 174 valence electrons. The minimum absolute atomic E-state index is 0.0195. The Morgan fingerprint density at radius 3 is 2.30 bits per heavy atom. The molecule has 33 heavy (non-hydrogen) atoms. The Bertz CT molecular complexity index is 1290.